The van der Waals surface area contributed by atoms with E-state index in [-0.39, 0.29) is 109 Å². The molecule has 7 aromatic rings. The van der Waals surface area contributed by atoms with Crippen molar-refractivity contribution in [2.75, 3.05) is 44.3 Å². The molecule has 4 aromatic heterocycles. The number of aliphatic hydroxyl groups is 1. The molecule has 436 valence electrons. The number of likely N-dealkylation sites (tertiary alicyclic amines) is 1. The molecule has 21 heteroatoms. The highest BCUT2D eigenvalue weighted by molar-refractivity contribution is 7.13. The number of thiazole rings is 1. The lowest BCUT2D eigenvalue weighted by molar-refractivity contribution is -0.141. The fourth-order valence-corrected chi connectivity index (χ4v) is 14.5. The molecule has 83 heavy (non-hydrogen) atoms. The average Bonchev–Trinajstić information content (AvgIpc) is 3.47. The third-order valence-electron chi connectivity index (χ3n) is 18.0. The number of phenolic OH excluding ortho intramolecular Hbond substituents is 1. The van der Waals surface area contributed by atoms with E-state index in [0.717, 1.165) is 96.1 Å². The number of carbonyl (C=O) groups is 3. The second-order valence-corrected chi connectivity index (χ2v) is 24.5. The number of amides is 3. The number of aryl methyl sites for hydroxylation is 2. The number of ether oxygens (including phenoxy) is 2. The van der Waals surface area contributed by atoms with Crippen LogP contribution in [0.15, 0.2) is 76.9 Å². The summed E-state index contributed by atoms with van der Waals surface area (Å²) in [6, 6.07) is 17.9. The largest absolute Gasteiger partial charge is 0.508 e. The van der Waals surface area contributed by atoms with Crippen molar-refractivity contribution in [2.45, 2.75) is 147 Å². The number of aromatic hydroxyl groups is 1. The van der Waals surface area contributed by atoms with Crippen molar-refractivity contribution in [3.8, 4) is 33.5 Å². The van der Waals surface area contributed by atoms with Gasteiger partial charge in [-0.3, -0.25) is 19.5 Å². The second-order valence-electron chi connectivity index (χ2n) is 23.6. The van der Waals surface area contributed by atoms with E-state index in [9.17, 15) is 24.6 Å². The van der Waals surface area contributed by atoms with Gasteiger partial charge >= 0.3 is 12.1 Å². The Bertz CT molecular complexity index is 3560. The Balaban J connectivity index is 0.687. The summed E-state index contributed by atoms with van der Waals surface area (Å²) in [7, 11) is 0. The van der Waals surface area contributed by atoms with Gasteiger partial charge in [0.05, 0.1) is 45.7 Å². The molecule has 2 bridgehead atoms. The van der Waals surface area contributed by atoms with Crippen LogP contribution in [-0.4, -0.2) is 138 Å². The number of nitrogens with one attached hydrogen (secondary N) is 3. The Kier molecular flexibility index (Phi) is 15.8. The van der Waals surface area contributed by atoms with Gasteiger partial charge in [-0.25, -0.2) is 14.2 Å². The van der Waals surface area contributed by atoms with Crippen molar-refractivity contribution in [1.82, 2.24) is 50.8 Å². The fraction of sp³-hybridized carbons (Fsp3) is 0.484. The van der Waals surface area contributed by atoms with E-state index in [1.807, 2.05) is 75.7 Å². The minimum Gasteiger partial charge on any atom is -0.508 e. The van der Waals surface area contributed by atoms with Crippen LogP contribution in [-0.2, 0) is 27.3 Å². The van der Waals surface area contributed by atoms with E-state index in [1.165, 1.54) is 4.90 Å². The maximum absolute atomic E-state index is 17.4. The van der Waals surface area contributed by atoms with Crippen LogP contribution in [0.25, 0.3) is 43.4 Å². The lowest BCUT2D eigenvalue weighted by atomic mass is 9.91. The predicted molar refractivity (Wildman–Crippen MR) is 312 cm³/mol. The summed E-state index contributed by atoms with van der Waals surface area (Å²) in [5.41, 5.74) is 6.45. The van der Waals surface area contributed by atoms with E-state index >= 15 is 4.39 Å². The lowest BCUT2D eigenvalue weighted by Gasteiger charge is -2.39. The van der Waals surface area contributed by atoms with Gasteiger partial charge in [0.15, 0.2) is 5.82 Å². The molecule has 3 aromatic carbocycles. The van der Waals surface area contributed by atoms with Crippen LogP contribution < -0.4 is 25.6 Å². The number of aliphatic hydroxyl groups excluding tert-OH is 1. The van der Waals surface area contributed by atoms with Crippen molar-refractivity contribution in [3.05, 3.63) is 106 Å². The molecule has 13 rings (SSSR count). The van der Waals surface area contributed by atoms with Gasteiger partial charge in [0.25, 0.3) is 0 Å². The molecule has 3 unspecified atom stereocenters. The van der Waals surface area contributed by atoms with Gasteiger partial charge in [0, 0.05) is 62.0 Å². The van der Waals surface area contributed by atoms with E-state index in [0.29, 0.717) is 35.4 Å². The number of aromatic nitrogens is 5. The van der Waals surface area contributed by atoms with Crippen LogP contribution in [0.1, 0.15) is 119 Å². The molecule has 10 heterocycles. The number of nitrogens with zero attached hydrogens (tertiary/aromatic N) is 8. The minimum atomic E-state index is -0.890. The van der Waals surface area contributed by atoms with E-state index in [1.54, 1.807) is 35.7 Å². The molecular weight excluding hydrogens is 1080 g/mol. The first-order valence-electron chi connectivity index (χ1n) is 29.3. The average molecular weight is 1150 g/mol. The van der Waals surface area contributed by atoms with Crippen molar-refractivity contribution in [3.63, 3.8) is 0 Å². The van der Waals surface area contributed by atoms with Crippen molar-refractivity contribution in [1.29, 1.82) is 0 Å². The number of carbonyl (C=O) groups excluding carboxylic acids is 3. The van der Waals surface area contributed by atoms with Crippen molar-refractivity contribution < 1.29 is 43.0 Å². The van der Waals surface area contributed by atoms with Gasteiger partial charge in [-0.05, 0) is 117 Å². The number of β-amino-alcohol motifs (C(OH)–C–C–N with tert-alkyl or cyclic N) is 1. The number of halogens is 1. The molecule has 6 fully saturated rings. The SMILES string of the molecule is CCc1cccc2cc(O)cc(-c3ncc4c(N5CC6CCCC5CN6)nc(OC[C@]56CCCN5C(COC(=O)NCc5cc([C@H](C(=O)N7C[C@H](O)C[C@H]7C(=O)N[C@@H](C)c7ccc(-c8scnc8C)cc7)C(C)C)on5)CC6)nc4c3F)c12. The van der Waals surface area contributed by atoms with Crippen LogP contribution in [0.5, 0.6) is 11.8 Å². The highest BCUT2D eigenvalue weighted by Crippen LogP contribution is 2.44. The summed E-state index contributed by atoms with van der Waals surface area (Å²) in [5, 5.41) is 37.5. The highest BCUT2D eigenvalue weighted by Gasteiger charge is 2.50. The maximum Gasteiger partial charge on any atom is 0.407 e. The number of piperazine rings is 1. The Hall–Kier alpha value is -7.33. The highest BCUT2D eigenvalue weighted by atomic mass is 32.1. The van der Waals surface area contributed by atoms with Gasteiger partial charge in [0.1, 0.15) is 59.4 Å². The summed E-state index contributed by atoms with van der Waals surface area (Å²) >= 11 is 1.57. The number of benzene rings is 3. The quantitative estimate of drug-likeness (QED) is 0.0573. The van der Waals surface area contributed by atoms with Gasteiger partial charge < -0.3 is 50.0 Å². The molecule has 0 radical (unpaired) electrons. The monoisotopic (exact) mass is 1150 g/mol. The zero-order chi connectivity index (χ0) is 57.7. The zero-order valence-corrected chi connectivity index (χ0v) is 48.4. The summed E-state index contributed by atoms with van der Waals surface area (Å²) in [6.45, 7) is 12.3. The first kappa shape index (κ1) is 56.2. The summed E-state index contributed by atoms with van der Waals surface area (Å²) in [6.07, 6.45) is 7.39. The Morgan fingerprint density at radius 1 is 1.01 bits per heavy atom. The van der Waals surface area contributed by atoms with Gasteiger partial charge in [-0.2, -0.15) is 9.97 Å². The number of hydrogen-bond donors (Lipinski definition) is 5. The molecule has 0 saturated carbocycles. The van der Waals surface area contributed by atoms with Crippen LogP contribution in [0.4, 0.5) is 15.0 Å². The normalized spacial score (nSPS) is 23.2. The van der Waals surface area contributed by atoms with Crippen molar-refractivity contribution in [2.24, 2.45) is 5.92 Å². The zero-order valence-electron chi connectivity index (χ0n) is 47.6. The van der Waals surface area contributed by atoms with Crippen LogP contribution in [0.2, 0.25) is 0 Å². The molecule has 3 amide bonds. The number of hydrogen-bond acceptors (Lipinski definition) is 17. The van der Waals surface area contributed by atoms with Crippen LogP contribution in [0, 0.1) is 18.7 Å². The molecule has 6 saturated heterocycles. The van der Waals surface area contributed by atoms with Crippen LogP contribution in [0.3, 0.4) is 0 Å². The number of alkyl carbamates (subject to hydrolysis) is 1. The number of rotatable bonds is 17. The first-order chi connectivity index (χ1) is 40.1. The second kappa shape index (κ2) is 23.4. The molecule has 19 nitrogen and oxygen atoms in total. The van der Waals surface area contributed by atoms with Crippen molar-refractivity contribution >= 4 is 56.7 Å². The summed E-state index contributed by atoms with van der Waals surface area (Å²) in [5.74, 6) is -1.49. The molecule has 8 atom stereocenters. The van der Waals surface area contributed by atoms with E-state index in [2.05, 4.69) is 42.8 Å². The number of anilines is 1. The fourth-order valence-electron chi connectivity index (χ4n) is 13.7. The molecule has 0 spiro atoms. The number of pyridine rings is 1. The Morgan fingerprint density at radius 2 is 1.86 bits per heavy atom. The topological polar surface area (TPSA) is 234 Å². The van der Waals surface area contributed by atoms with Gasteiger partial charge in [-0.15, -0.1) is 11.3 Å². The number of fused-ring (bicyclic) bond motifs is 7. The Morgan fingerprint density at radius 3 is 2.65 bits per heavy atom. The minimum absolute atomic E-state index is 0.00273. The third kappa shape index (κ3) is 11.1. The number of phenols is 1. The first-order valence-corrected chi connectivity index (χ1v) is 30.2. The summed E-state index contributed by atoms with van der Waals surface area (Å²) < 4.78 is 35.7. The predicted octanol–water partition coefficient (Wildman–Crippen LogP) is 8.88. The standard InChI is InChI=1S/C62H72FN11O8S/c1-6-37-10-7-11-40-22-45(75)24-47(52(37)40)54-53(63)55-48(28-65-54)57(72-29-41-12-8-13-43(72)27-64-41)70-60(69-55)81-32-62-19-9-21-74(62)44(18-20-62)31-80-61(79)66-26-42-23-50(82-71-42)51(34(2)3)59(78)73-30-46(76)25-49(73)58(77)68-35(4)38-14-16-39(17-15-38)56-36(5)67-33-83-56/h7,10-11,14-17,22-24,28,33-35,41,43-44,46,49,51,64,75-76H,6,8-9,12-13,18-21,25-27,29-32H2,1-5H3,(H,66,79)(H,68,77)/t35-,41?,43?,44?,46+,49-,51+,62+/m0/s1. The van der Waals surface area contributed by atoms with E-state index < -0.39 is 30.0 Å². The maximum atomic E-state index is 17.4. The van der Waals surface area contributed by atoms with E-state index in [4.69, 9.17) is 28.9 Å². The van der Waals surface area contributed by atoms with Gasteiger partial charge in [0.2, 0.25) is 11.8 Å². The van der Waals surface area contributed by atoms with Crippen LogP contribution >= 0.6 is 11.3 Å². The van der Waals surface area contributed by atoms with Gasteiger partial charge in [-0.1, -0.05) is 68.4 Å². The molecular formula is C62H72FN11O8S. The smallest absolute Gasteiger partial charge is 0.407 e. The Labute approximate surface area is 485 Å². The lowest BCUT2D eigenvalue weighted by Crippen LogP contribution is -2.54. The third-order valence-corrected chi connectivity index (χ3v) is 19.0. The molecule has 6 aliphatic rings. The molecule has 0 aliphatic carbocycles. The summed E-state index contributed by atoms with van der Waals surface area (Å²) in [4.78, 5) is 67.7. The molecule has 5 N–H and O–H groups in total. The molecule has 6 aliphatic heterocycles.